The van der Waals surface area contributed by atoms with Gasteiger partial charge in [0, 0.05) is 30.1 Å². The minimum absolute atomic E-state index is 0.0217. The number of carbonyl (C=O) groups excluding carboxylic acids is 1. The molecule has 0 aliphatic carbocycles. The second-order valence-electron chi connectivity index (χ2n) is 10.3. The summed E-state index contributed by atoms with van der Waals surface area (Å²) in [5.74, 6) is -0.0217. The van der Waals surface area contributed by atoms with Crippen molar-refractivity contribution in [2.75, 3.05) is 0 Å². The third-order valence-electron chi connectivity index (χ3n) is 7.30. The van der Waals surface area contributed by atoms with Crippen molar-refractivity contribution in [1.29, 1.82) is 0 Å². The van der Waals surface area contributed by atoms with Crippen LogP contribution < -0.4 is 10.6 Å². The number of rotatable bonds is 10. The Morgan fingerprint density at radius 2 is 1.44 bits per heavy atom. The third kappa shape index (κ3) is 6.54. The van der Waals surface area contributed by atoms with E-state index in [-0.39, 0.29) is 11.9 Å². The topological polar surface area (TPSA) is 56.9 Å². The summed E-state index contributed by atoms with van der Waals surface area (Å²) < 4.78 is 0. The quantitative estimate of drug-likeness (QED) is 0.172. The molecular weight excluding hydrogens is 478 g/mol. The molecule has 0 saturated heterocycles. The van der Waals surface area contributed by atoms with Crippen molar-refractivity contribution in [3.05, 3.63) is 143 Å². The summed E-state index contributed by atoms with van der Waals surface area (Å²) in [6, 6.07) is 37.0. The van der Waals surface area contributed by atoms with Gasteiger partial charge in [-0.05, 0) is 47.7 Å². The van der Waals surface area contributed by atoms with E-state index in [1.807, 2.05) is 80.7 Å². The Hall–Kier alpha value is -4.41. The molecule has 5 rings (SSSR count). The third-order valence-corrected chi connectivity index (χ3v) is 7.30. The van der Waals surface area contributed by atoms with E-state index in [0.717, 1.165) is 33.2 Å². The number of benzene rings is 4. The maximum absolute atomic E-state index is 13.8. The molecule has 0 radical (unpaired) electrons. The van der Waals surface area contributed by atoms with Gasteiger partial charge in [-0.25, -0.2) is 0 Å². The van der Waals surface area contributed by atoms with Gasteiger partial charge in [0.1, 0.15) is 0 Å². The van der Waals surface area contributed by atoms with Crippen LogP contribution in [0.2, 0.25) is 0 Å². The number of hydrogen-bond acceptors (Lipinski definition) is 2. The fraction of sp³-hybridized carbons (Fsp3) is 0.171. The zero-order valence-corrected chi connectivity index (χ0v) is 22.5. The molecule has 196 valence electrons. The van der Waals surface area contributed by atoms with Gasteiger partial charge in [-0.1, -0.05) is 115 Å². The summed E-state index contributed by atoms with van der Waals surface area (Å²) in [4.78, 5) is 17.2. The van der Waals surface area contributed by atoms with Gasteiger partial charge in [0.05, 0.1) is 11.6 Å². The summed E-state index contributed by atoms with van der Waals surface area (Å²) >= 11 is 0. The first-order valence-electron chi connectivity index (χ1n) is 13.5. The highest BCUT2D eigenvalue weighted by atomic mass is 16.2. The maximum atomic E-state index is 13.8. The fourth-order valence-electron chi connectivity index (χ4n) is 4.86. The van der Waals surface area contributed by atoms with Crippen molar-refractivity contribution in [3.8, 4) is 0 Å². The van der Waals surface area contributed by atoms with Gasteiger partial charge in [-0.3, -0.25) is 10.1 Å². The lowest BCUT2D eigenvalue weighted by atomic mass is 9.90. The number of amides is 1. The van der Waals surface area contributed by atoms with Crippen LogP contribution in [0.5, 0.6) is 0 Å². The Balaban J connectivity index is 1.33. The largest absolute Gasteiger partial charge is 0.361 e. The van der Waals surface area contributed by atoms with Gasteiger partial charge >= 0.3 is 0 Å². The van der Waals surface area contributed by atoms with E-state index in [1.54, 1.807) is 0 Å². The monoisotopic (exact) mass is 513 g/mol. The van der Waals surface area contributed by atoms with Crippen LogP contribution in [0.1, 0.15) is 47.7 Å². The lowest BCUT2D eigenvalue weighted by Gasteiger charge is -2.31. The molecular formula is C35H35N3O. The maximum Gasteiger partial charge on any atom is 0.240 e. The zero-order chi connectivity index (χ0) is 27.1. The van der Waals surface area contributed by atoms with Gasteiger partial charge < -0.3 is 10.3 Å². The first-order valence-corrected chi connectivity index (χ1v) is 13.5. The van der Waals surface area contributed by atoms with E-state index in [2.05, 4.69) is 76.3 Å². The number of nitrogens with one attached hydrogen (secondary N) is 3. The zero-order valence-electron chi connectivity index (χ0n) is 22.5. The van der Waals surface area contributed by atoms with E-state index in [4.69, 9.17) is 0 Å². The number of aromatic nitrogens is 1. The van der Waals surface area contributed by atoms with Gasteiger partial charge in [0.15, 0.2) is 0 Å². The Bertz CT molecular complexity index is 1540. The molecule has 4 heteroatoms. The Labute approximate surface area is 230 Å². The van der Waals surface area contributed by atoms with Gasteiger partial charge in [0.2, 0.25) is 5.91 Å². The Morgan fingerprint density at radius 3 is 2.15 bits per heavy atom. The van der Waals surface area contributed by atoms with E-state index in [0.29, 0.717) is 13.0 Å². The van der Waals surface area contributed by atoms with Crippen LogP contribution in [-0.4, -0.2) is 16.4 Å². The standard InChI is InChI=1S/C35H35N3O/c1-26(30-13-7-4-8-14-30)38-34(39)35(2,23-31-25-36-33-16-10-9-15-32(31)33)37-24-29-21-19-28(20-22-29)18-17-27-11-5-3-6-12-27/h3-22,25-26,36-37H,23-24H2,1-2H3,(H,38,39)/b18-17+. The number of fused-ring (bicyclic) bond motifs is 1. The Kier molecular flexibility index (Phi) is 8.04. The lowest BCUT2D eigenvalue weighted by molar-refractivity contribution is -0.127. The summed E-state index contributed by atoms with van der Waals surface area (Å²) in [7, 11) is 0. The van der Waals surface area contributed by atoms with Gasteiger partial charge in [-0.15, -0.1) is 0 Å². The van der Waals surface area contributed by atoms with Crippen molar-refractivity contribution < 1.29 is 4.79 Å². The highest BCUT2D eigenvalue weighted by molar-refractivity contribution is 5.89. The molecule has 4 nitrogen and oxygen atoms in total. The minimum Gasteiger partial charge on any atom is -0.361 e. The number of carbonyl (C=O) groups is 1. The first kappa shape index (κ1) is 26.2. The highest BCUT2D eigenvalue weighted by Crippen LogP contribution is 2.24. The fourth-order valence-corrected chi connectivity index (χ4v) is 4.86. The summed E-state index contributed by atoms with van der Waals surface area (Å²) in [6.45, 7) is 4.61. The molecule has 0 aliphatic rings. The van der Waals surface area contributed by atoms with Crippen LogP contribution >= 0.6 is 0 Å². The molecule has 0 aliphatic heterocycles. The molecule has 0 saturated carbocycles. The van der Waals surface area contributed by atoms with E-state index in [1.165, 1.54) is 5.56 Å². The summed E-state index contributed by atoms with van der Waals surface area (Å²) in [5.41, 5.74) is 5.89. The molecule has 0 fully saturated rings. The molecule has 4 aromatic carbocycles. The molecule has 39 heavy (non-hydrogen) atoms. The number of aromatic amines is 1. The molecule has 1 aromatic heterocycles. The SMILES string of the molecule is CC(NC(=O)C(C)(Cc1c[nH]c2ccccc12)NCc1ccc(/C=C/c2ccccc2)cc1)c1ccccc1. The normalized spacial score (nSPS) is 13.8. The van der Waals surface area contributed by atoms with Crippen molar-refractivity contribution in [2.24, 2.45) is 0 Å². The van der Waals surface area contributed by atoms with Crippen LogP contribution in [0.3, 0.4) is 0 Å². The van der Waals surface area contributed by atoms with Crippen molar-refractivity contribution >= 4 is 29.0 Å². The van der Waals surface area contributed by atoms with Gasteiger partial charge in [0.25, 0.3) is 0 Å². The molecule has 2 atom stereocenters. The lowest BCUT2D eigenvalue weighted by Crippen LogP contribution is -2.56. The van der Waals surface area contributed by atoms with Crippen molar-refractivity contribution in [2.45, 2.75) is 38.4 Å². The molecule has 1 amide bonds. The molecule has 0 spiro atoms. The van der Waals surface area contributed by atoms with Crippen LogP contribution in [0.15, 0.2) is 115 Å². The predicted octanol–water partition coefficient (Wildman–Crippen LogP) is 7.31. The molecule has 2 unspecified atom stereocenters. The highest BCUT2D eigenvalue weighted by Gasteiger charge is 2.34. The van der Waals surface area contributed by atoms with E-state index < -0.39 is 5.54 Å². The Morgan fingerprint density at radius 1 is 0.821 bits per heavy atom. The summed E-state index contributed by atoms with van der Waals surface area (Å²) in [5, 5.41) is 8.00. The van der Waals surface area contributed by atoms with Crippen LogP contribution in [0, 0.1) is 0 Å². The molecule has 1 heterocycles. The van der Waals surface area contributed by atoms with E-state index >= 15 is 0 Å². The first-order chi connectivity index (χ1) is 19.0. The number of H-pyrrole nitrogens is 1. The minimum atomic E-state index is -0.820. The van der Waals surface area contributed by atoms with Crippen LogP contribution in [0.4, 0.5) is 0 Å². The second-order valence-corrected chi connectivity index (χ2v) is 10.3. The average Bonchev–Trinajstić information content (AvgIpc) is 3.39. The van der Waals surface area contributed by atoms with E-state index in [9.17, 15) is 4.79 Å². The smallest absolute Gasteiger partial charge is 0.240 e. The average molecular weight is 514 g/mol. The molecule has 3 N–H and O–H groups in total. The van der Waals surface area contributed by atoms with Gasteiger partial charge in [-0.2, -0.15) is 0 Å². The number of para-hydroxylation sites is 1. The molecule has 5 aromatic rings. The number of hydrogen-bond donors (Lipinski definition) is 3. The predicted molar refractivity (Wildman–Crippen MR) is 162 cm³/mol. The van der Waals surface area contributed by atoms with Crippen LogP contribution in [0.25, 0.3) is 23.1 Å². The second kappa shape index (κ2) is 12.0. The molecule has 0 bridgehead atoms. The summed E-state index contributed by atoms with van der Waals surface area (Å²) in [6.07, 6.45) is 6.81. The van der Waals surface area contributed by atoms with Crippen molar-refractivity contribution in [1.82, 2.24) is 15.6 Å². The van der Waals surface area contributed by atoms with Crippen molar-refractivity contribution in [3.63, 3.8) is 0 Å². The van der Waals surface area contributed by atoms with Crippen LogP contribution in [-0.2, 0) is 17.8 Å².